The van der Waals surface area contributed by atoms with Crippen molar-refractivity contribution in [2.24, 2.45) is 5.73 Å². The smallest absolute Gasteiger partial charge is 0.264 e. The molecule has 0 spiro atoms. The van der Waals surface area contributed by atoms with Gasteiger partial charge in [0.15, 0.2) is 0 Å². The SMILES string of the molecule is NC(=S)c1ncccc1S(=O)(=O)Nc1cccc(I)c1. The third-order valence-corrected chi connectivity index (χ3v) is 4.65. The van der Waals surface area contributed by atoms with E-state index >= 15 is 0 Å². The summed E-state index contributed by atoms with van der Waals surface area (Å²) in [6.45, 7) is 0. The second-order valence-electron chi connectivity index (χ2n) is 3.83. The Bertz CT molecular complexity index is 763. The van der Waals surface area contributed by atoms with Crippen molar-refractivity contribution in [2.45, 2.75) is 4.90 Å². The number of rotatable bonds is 4. The zero-order chi connectivity index (χ0) is 14.8. The summed E-state index contributed by atoms with van der Waals surface area (Å²) < 4.78 is 28.1. The summed E-state index contributed by atoms with van der Waals surface area (Å²) in [5, 5.41) is 0. The fourth-order valence-electron chi connectivity index (χ4n) is 1.55. The van der Waals surface area contributed by atoms with Gasteiger partial charge in [0.1, 0.15) is 15.6 Å². The van der Waals surface area contributed by atoms with Crippen LogP contribution in [0.1, 0.15) is 5.69 Å². The molecule has 0 unspecified atom stereocenters. The Labute approximate surface area is 135 Å². The molecule has 0 fully saturated rings. The Morgan fingerprint density at radius 2 is 2.05 bits per heavy atom. The molecule has 0 aliphatic carbocycles. The van der Waals surface area contributed by atoms with Crippen molar-refractivity contribution >= 4 is 55.5 Å². The van der Waals surface area contributed by atoms with Crippen LogP contribution in [0.3, 0.4) is 0 Å². The summed E-state index contributed by atoms with van der Waals surface area (Å²) >= 11 is 6.93. The van der Waals surface area contributed by atoms with Gasteiger partial charge in [-0.25, -0.2) is 8.42 Å². The van der Waals surface area contributed by atoms with Gasteiger partial charge in [0.2, 0.25) is 0 Å². The number of aromatic nitrogens is 1. The number of nitrogens with zero attached hydrogens (tertiary/aromatic N) is 1. The number of sulfonamides is 1. The highest BCUT2D eigenvalue weighted by Gasteiger charge is 2.20. The first kappa shape index (κ1) is 15.1. The molecule has 0 amide bonds. The van der Waals surface area contributed by atoms with E-state index in [0.717, 1.165) is 3.57 Å². The van der Waals surface area contributed by atoms with Gasteiger partial charge in [-0.15, -0.1) is 0 Å². The number of hydrogen-bond acceptors (Lipinski definition) is 4. The van der Waals surface area contributed by atoms with Crippen LogP contribution in [-0.4, -0.2) is 18.4 Å². The summed E-state index contributed by atoms with van der Waals surface area (Å²) in [7, 11) is -3.79. The zero-order valence-corrected chi connectivity index (χ0v) is 13.9. The molecule has 0 saturated carbocycles. The topological polar surface area (TPSA) is 85.1 Å². The van der Waals surface area contributed by atoms with E-state index in [1.165, 1.54) is 18.3 Å². The Hall–Kier alpha value is -1.26. The normalized spacial score (nSPS) is 11.1. The summed E-state index contributed by atoms with van der Waals surface area (Å²) in [5.74, 6) is 0. The number of nitrogens with two attached hydrogens (primary N) is 1. The Morgan fingerprint density at radius 1 is 1.30 bits per heavy atom. The van der Waals surface area contributed by atoms with Crippen LogP contribution in [0.5, 0.6) is 0 Å². The fraction of sp³-hybridized carbons (Fsp3) is 0. The Balaban J connectivity index is 2.44. The molecule has 2 aromatic rings. The molecule has 1 aromatic carbocycles. The number of benzene rings is 1. The molecule has 2 rings (SSSR count). The van der Waals surface area contributed by atoms with Crippen molar-refractivity contribution in [3.8, 4) is 0 Å². The molecule has 0 atom stereocenters. The molecule has 8 heteroatoms. The predicted octanol–water partition coefficient (Wildman–Crippen LogP) is 2.12. The van der Waals surface area contributed by atoms with Crippen LogP contribution >= 0.6 is 34.8 Å². The van der Waals surface area contributed by atoms with Crippen molar-refractivity contribution in [1.82, 2.24) is 4.98 Å². The quantitative estimate of drug-likeness (QED) is 0.586. The standard InChI is InChI=1S/C12H10IN3O2S2/c13-8-3-1-4-9(7-8)16-20(17,18)10-5-2-6-15-11(10)12(14)19/h1-7,16H,(H2,14,19). The Morgan fingerprint density at radius 3 is 2.70 bits per heavy atom. The number of anilines is 1. The lowest BCUT2D eigenvalue weighted by Crippen LogP contribution is -2.21. The van der Waals surface area contributed by atoms with Gasteiger partial charge in [-0.3, -0.25) is 9.71 Å². The van der Waals surface area contributed by atoms with E-state index in [2.05, 4.69) is 32.3 Å². The van der Waals surface area contributed by atoms with Crippen molar-refractivity contribution in [2.75, 3.05) is 4.72 Å². The summed E-state index contributed by atoms with van der Waals surface area (Å²) in [6.07, 6.45) is 1.44. The fourth-order valence-corrected chi connectivity index (χ4v) is 3.55. The average molecular weight is 419 g/mol. The Kier molecular flexibility index (Phi) is 4.55. The van der Waals surface area contributed by atoms with Gasteiger partial charge in [0, 0.05) is 15.5 Å². The van der Waals surface area contributed by atoms with Crippen LogP contribution in [0, 0.1) is 3.57 Å². The summed E-state index contributed by atoms with van der Waals surface area (Å²) in [5.41, 5.74) is 6.06. The maximum Gasteiger partial charge on any atom is 0.264 e. The third kappa shape index (κ3) is 3.44. The second kappa shape index (κ2) is 6.02. The number of pyridine rings is 1. The lowest BCUT2D eigenvalue weighted by molar-refractivity contribution is 0.600. The first-order valence-electron chi connectivity index (χ1n) is 5.43. The monoisotopic (exact) mass is 419 g/mol. The molecule has 1 aromatic heterocycles. The lowest BCUT2D eigenvalue weighted by atomic mass is 10.3. The summed E-state index contributed by atoms with van der Waals surface area (Å²) in [4.78, 5) is 3.82. The molecule has 3 N–H and O–H groups in total. The van der Waals surface area contributed by atoms with E-state index in [0.29, 0.717) is 5.69 Å². The molecule has 0 bridgehead atoms. The predicted molar refractivity (Wildman–Crippen MR) is 90.1 cm³/mol. The van der Waals surface area contributed by atoms with Crippen LogP contribution in [0.15, 0.2) is 47.5 Å². The lowest BCUT2D eigenvalue weighted by Gasteiger charge is -2.10. The van der Waals surface area contributed by atoms with Crippen molar-refractivity contribution in [3.05, 3.63) is 51.9 Å². The molecule has 0 saturated heterocycles. The molecule has 104 valence electrons. The maximum absolute atomic E-state index is 12.4. The molecular formula is C12H10IN3O2S2. The number of halogens is 1. The number of hydrogen-bond donors (Lipinski definition) is 2. The average Bonchev–Trinajstić information content (AvgIpc) is 2.38. The van der Waals surface area contributed by atoms with Gasteiger partial charge in [-0.2, -0.15) is 0 Å². The molecule has 0 aliphatic heterocycles. The minimum absolute atomic E-state index is 0.0358. The van der Waals surface area contributed by atoms with Crippen LogP contribution in [0.4, 0.5) is 5.69 Å². The van der Waals surface area contributed by atoms with Crippen LogP contribution in [-0.2, 0) is 10.0 Å². The van der Waals surface area contributed by atoms with Crippen LogP contribution in [0.2, 0.25) is 0 Å². The van der Waals surface area contributed by atoms with Gasteiger partial charge in [-0.05, 0) is 52.9 Å². The molecule has 0 aliphatic rings. The van der Waals surface area contributed by atoms with E-state index in [4.69, 9.17) is 18.0 Å². The maximum atomic E-state index is 12.4. The molecule has 20 heavy (non-hydrogen) atoms. The van der Waals surface area contributed by atoms with Gasteiger partial charge in [0.05, 0.1) is 0 Å². The highest BCUT2D eigenvalue weighted by molar-refractivity contribution is 14.1. The van der Waals surface area contributed by atoms with Crippen LogP contribution < -0.4 is 10.5 Å². The number of thiocarbonyl (C=S) groups is 1. The first-order valence-corrected chi connectivity index (χ1v) is 8.40. The molecule has 0 radical (unpaired) electrons. The highest BCUT2D eigenvalue weighted by Crippen LogP contribution is 2.19. The van der Waals surface area contributed by atoms with E-state index in [-0.39, 0.29) is 15.6 Å². The largest absolute Gasteiger partial charge is 0.388 e. The van der Waals surface area contributed by atoms with E-state index in [9.17, 15) is 8.42 Å². The van der Waals surface area contributed by atoms with Crippen LogP contribution in [0.25, 0.3) is 0 Å². The van der Waals surface area contributed by atoms with Gasteiger partial charge >= 0.3 is 0 Å². The van der Waals surface area contributed by atoms with Crippen molar-refractivity contribution in [1.29, 1.82) is 0 Å². The molecule has 1 heterocycles. The zero-order valence-electron chi connectivity index (χ0n) is 10.1. The van der Waals surface area contributed by atoms with Crippen molar-refractivity contribution < 1.29 is 8.42 Å². The molecular weight excluding hydrogens is 409 g/mol. The van der Waals surface area contributed by atoms with Gasteiger partial charge in [0.25, 0.3) is 10.0 Å². The van der Waals surface area contributed by atoms with E-state index < -0.39 is 10.0 Å². The van der Waals surface area contributed by atoms with E-state index in [1.54, 1.807) is 18.2 Å². The number of nitrogens with one attached hydrogen (secondary N) is 1. The minimum Gasteiger partial charge on any atom is -0.388 e. The van der Waals surface area contributed by atoms with E-state index in [1.807, 2.05) is 6.07 Å². The van der Waals surface area contributed by atoms with Crippen molar-refractivity contribution in [3.63, 3.8) is 0 Å². The first-order chi connectivity index (χ1) is 9.40. The summed E-state index contributed by atoms with van der Waals surface area (Å²) in [6, 6.07) is 9.94. The second-order valence-corrected chi connectivity index (χ2v) is 7.17. The minimum atomic E-state index is -3.79. The molecule has 5 nitrogen and oxygen atoms in total. The third-order valence-electron chi connectivity index (χ3n) is 2.37. The highest BCUT2D eigenvalue weighted by atomic mass is 127. The van der Waals surface area contributed by atoms with Gasteiger partial charge < -0.3 is 5.73 Å². The van der Waals surface area contributed by atoms with Gasteiger partial charge in [-0.1, -0.05) is 18.3 Å².